The van der Waals surface area contributed by atoms with Crippen molar-refractivity contribution in [2.24, 2.45) is 0 Å². The third-order valence-corrected chi connectivity index (χ3v) is 3.64. The van der Waals surface area contributed by atoms with Gasteiger partial charge < -0.3 is 10.6 Å². The Morgan fingerprint density at radius 3 is 2.61 bits per heavy atom. The first-order valence-corrected chi connectivity index (χ1v) is 7.50. The Hall–Kier alpha value is -2.70. The fourth-order valence-corrected chi connectivity index (χ4v) is 2.58. The third kappa shape index (κ3) is 4.91. The summed E-state index contributed by atoms with van der Waals surface area (Å²) in [7, 11) is 0. The Kier molecular flexibility index (Phi) is 5.46. The maximum atomic E-state index is 12.3. The van der Waals surface area contributed by atoms with Gasteiger partial charge in [0.2, 0.25) is 5.91 Å². The van der Waals surface area contributed by atoms with Crippen molar-refractivity contribution in [3.05, 3.63) is 45.6 Å². The lowest BCUT2D eigenvalue weighted by atomic mass is 10.1. The van der Waals surface area contributed by atoms with Crippen LogP contribution >= 0.6 is 0 Å². The number of nitro benzene ring substituents is 1. The lowest BCUT2D eigenvalue weighted by Gasteiger charge is -2.14. The Balaban J connectivity index is 2.22. The highest BCUT2D eigenvalue weighted by Gasteiger charge is 2.20. The predicted molar refractivity (Wildman–Crippen MR) is 85.3 cm³/mol. The first kappa shape index (κ1) is 16.7. The van der Waals surface area contributed by atoms with Crippen molar-refractivity contribution < 1.29 is 14.5 Å². The normalized spacial score (nSPS) is 15.3. The van der Waals surface area contributed by atoms with Gasteiger partial charge in [-0.15, -0.1) is 0 Å². The molecule has 0 aromatic heterocycles. The monoisotopic (exact) mass is 317 g/mol. The van der Waals surface area contributed by atoms with Gasteiger partial charge in [0.25, 0.3) is 11.6 Å². The van der Waals surface area contributed by atoms with Crippen LogP contribution in [0, 0.1) is 10.1 Å². The number of carbonyl (C=O) groups excluding carboxylic acids is 2. The van der Waals surface area contributed by atoms with Crippen molar-refractivity contribution in [1.29, 1.82) is 0 Å². The van der Waals surface area contributed by atoms with Crippen LogP contribution in [-0.2, 0) is 9.59 Å². The van der Waals surface area contributed by atoms with E-state index in [1.54, 1.807) is 6.07 Å². The number of hydrogen-bond donors (Lipinski definition) is 2. The van der Waals surface area contributed by atoms with Gasteiger partial charge in [-0.25, -0.2) is 0 Å². The van der Waals surface area contributed by atoms with Gasteiger partial charge in [0.1, 0.15) is 5.70 Å². The summed E-state index contributed by atoms with van der Waals surface area (Å²) < 4.78 is 0. The Morgan fingerprint density at radius 2 is 2.00 bits per heavy atom. The van der Waals surface area contributed by atoms with Crippen LogP contribution in [-0.4, -0.2) is 22.8 Å². The maximum Gasteiger partial charge on any atom is 0.270 e. The molecule has 7 heteroatoms. The third-order valence-electron chi connectivity index (χ3n) is 3.64. The van der Waals surface area contributed by atoms with Crippen LogP contribution in [0.4, 0.5) is 5.69 Å². The van der Waals surface area contributed by atoms with Crippen molar-refractivity contribution in [2.45, 2.75) is 38.6 Å². The topological polar surface area (TPSA) is 101 Å². The number of nitro groups is 1. The molecule has 0 heterocycles. The molecule has 23 heavy (non-hydrogen) atoms. The molecule has 1 aliphatic rings. The van der Waals surface area contributed by atoms with Crippen LogP contribution in [0.1, 0.15) is 38.2 Å². The van der Waals surface area contributed by atoms with Crippen LogP contribution in [0.15, 0.2) is 30.0 Å². The molecule has 1 fully saturated rings. The van der Waals surface area contributed by atoms with E-state index in [4.69, 9.17) is 0 Å². The Labute approximate surface area is 133 Å². The molecule has 0 bridgehead atoms. The lowest BCUT2D eigenvalue weighted by molar-refractivity contribution is -0.384. The van der Waals surface area contributed by atoms with Crippen LogP contribution < -0.4 is 10.6 Å². The molecule has 2 rings (SSSR count). The van der Waals surface area contributed by atoms with Crippen molar-refractivity contribution >= 4 is 23.6 Å². The van der Waals surface area contributed by atoms with E-state index in [0.717, 1.165) is 25.7 Å². The molecule has 0 unspecified atom stereocenters. The molecule has 0 spiro atoms. The zero-order valence-electron chi connectivity index (χ0n) is 12.9. The van der Waals surface area contributed by atoms with Crippen LogP contribution in [0.25, 0.3) is 6.08 Å². The minimum atomic E-state index is -0.506. The minimum absolute atomic E-state index is 0.0721. The summed E-state index contributed by atoms with van der Waals surface area (Å²) in [6.45, 7) is 1.31. The smallest absolute Gasteiger partial charge is 0.270 e. The van der Waals surface area contributed by atoms with Gasteiger partial charge in [-0.2, -0.15) is 0 Å². The van der Waals surface area contributed by atoms with E-state index < -0.39 is 4.92 Å². The van der Waals surface area contributed by atoms with Gasteiger partial charge in [-0.3, -0.25) is 19.7 Å². The van der Waals surface area contributed by atoms with Gasteiger partial charge in [0, 0.05) is 25.1 Å². The summed E-state index contributed by atoms with van der Waals surface area (Å²) in [4.78, 5) is 34.0. The molecule has 0 saturated heterocycles. The molecule has 122 valence electrons. The highest BCUT2D eigenvalue weighted by Crippen LogP contribution is 2.19. The van der Waals surface area contributed by atoms with Crippen LogP contribution in [0.5, 0.6) is 0 Å². The van der Waals surface area contributed by atoms with Crippen LogP contribution in [0.2, 0.25) is 0 Å². The molecule has 7 nitrogen and oxygen atoms in total. The van der Waals surface area contributed by atoms with Crippen LogP contribution in [0.3, 0.4) is 0 Å². The molecule has 1 saturated carbocycles. The fraction of sp³-hybridized carbons (Fsp3) is 0.375. The number of rotatable bonds is 5. The summed E-state index contributed by atoms with van der Waals surface area (Å²) in [6, 6.07) is 6.00. The van der Waals surface area contributed by atoms with E-state index >= 15 is 0 Å². The number of carbonyl (C=O) groups is 2. The molecule has 2 N–H and O–H groups in total. The first-order valence-electron chi connectivity index (χ1n) is 7.50. The quantitative estimate of drug-likeness (QED) is 0.493. The Morgan fingerprint density at radius 1 is 1.30 bits per heavy atom. The number of amides is 2. The highest BCUT2D eigenvalue weighted by atomic mass is 16.6. The van der Waals surface area contributed by atoms with Gasteiger partial charge >= 0.3 is 0 Å². The summed E-state index contributed by atoms with van der Waals surface area (Å²) in [5, 5.41) is 16.2. The number of non-ortho nitro benzene ring substituents is 1. The fourth-order valence-electron chi connectivity index (χ4n) is 2.58. The van der Waals surface area contributed by atoms with E-state index in [0.29, 0.717) is 5.56 Å². The van der Waals surface area contributed by atoms with E-state index in [9.17, 15) is 19.7 Å². The van der Waals surface area contributed by atoms with Gasteiger partial charge in [-0.1, -0.05) is 25.0 Å². The second-order valence-electron chi connectivity index (χ2n) is 5.55. The molecule has 1 aliphatic carbocycles. The second kappa shape index (κ2) is 7.53. The molecular weight excluding hydrogens is 298 g/mol. The predicted octanol–water partition coefficient (Wildman–Crippen LogP) is 2.13. The Bertz CT molecular complexity index is 648. The molecule has 1 aromatic carbocycles. The molecule has 0 radical (unpaired) electrons. The van der Waals surface area contributed by atoms with Crippen molar-refractivity contribution in [2.75, 3.05) is 0 Å². The SMILES string of the molecule is CC(=O)N/C(=C\c1cccc([N+](=O)[O-])c1)C(=O)NC1CCCC1. The molecular formula is C16H19N3O4. The number of benzene rings is 1. The lowest BCUT2D eigenvalue weighted by Crippen LogP contribution is -2.38. The molecule has 2 amide bonds. The number of nitrogens with zero attached hydrogens (tertiary/aromatic N) is 1. The minimum Gasteiger partial charge on any atom is -0.348 e. The standard InChI is InChI=1S/C16H19N3O4/c1-11(20)17-15(16(21)18-13-6-2-3-7-13)10-12-5-4-8-14(9-12)19(22)23/h4-5,8-10,13H,2-3,6-7H2,1H3,(H,17,20)(H,18,21)/b15-10-. The molecule has 0 atom stereocenters. The highest BCUT2D eigenvalue weighted by molar-refractivity contribution is 6.01. The van der Waals surface area contributed by atoms with E-state index in [2.05, 4.69) is 10.6 Å². The first-order chi connectivity index (χ1) is 11.0. The molecule has 0 aliphatic heterocycles. The van der Waals surface area contributed by atoms with E-state index in [1.807, 2.05) is 0 Å². The van der Waals surface area contributed by atoms with Crippen molar-refractivity contribution in [3.63, 3.8) is 0 Å². The summed E-state index contributed by atoms with van der Waals surface area (Å²) in [5.74, 6) is -0.748. The zero-order chi connectivity index (χ0) is 16.8. The largest absolute Gasteiger partial charge is 0.348 e. The van der Waals surface area contributed by atoms with Gasteiger partial charge in [-0.05, 0) is 24.5 Å². The average molecular weight is 317 g/mol. The summed E-state index contributed by atoms with van der Waals surface area (Å²) >= 11 is 0. The zero-order valence-corrected chi connectivity index (χ0v) is 12.9. The summed E-state index contributed by atoms with van der Waals surface area (Å²) in [6.07, 6.45) is 5.45. The number of hydrogen-bond acceptors (Lipinski definition) is 4. The summed E-state index contributed by atoms with van der Waals surface area (Å²) in [5.41, 5.74) is 0.492. The van der Waals surface area contributed by atoms with E-state index in [-0.39, 0.29) is 29.2 Å². The van der Waals surface area contributed by atoms with Crippen molar-refractivity contribution in [1.82, 2.24) is 10.6 Å². The van der Waals surface area contributed by atoms with Gasteiger partial charge in [0.05, 0.1) is 4.92 Å². The molecule has 1 aromatic rings. The average Bonchev–Trinajstić information content (AvgIpc) is 2.99. The van der Waals surface area contributed by atoms with Gasteiger partial charge in [0.15, 0.2) is 0 Å². The number of nitrogens with one attached hydrogen (secondary N) is 2. The van der Waals surface area contributed by atoms with E-state index in [1.165, 1.54) is 31.2 Å². The van der Waals surface area contributed by atoms with Crippen molar-refractivity contribution in [3.8, 4) is 0 Å². The second-order valence-corrected chi connectivity index (χ2v) is 5.55. The maximum absolute atomic E-state index is 12.3.